The van der Waals surface area contributed by atoms with Crippen LogP contribution in [0.2, 0.25) is 0 Å². The molecular weight excluding hydrogens is 278 g/mol. The highest BCUT2D eigenvalue weighted by Crippen LogP contribution is 2.13. The summed E-state index contributed by atoms with van der Waals surface area (Å²) in [4.78, 5) is 37.3. The molecule has 0 aromatic carbocycles. The van der Waals surface area contributed by atoms with Crippen molar-refractivity contribution in [2.45, 2.75) is 37.8 Å². The molecule has 0 radical (unpaired) electrons. The Morgan fingerprint density at radius 1 is 1.38 bits per heavy atom. The van der Waals surface area contributed by atoms with Crippen molar-refractivity contribution in [2.24, 2.45) is 0 Å². The molecule has 2 atom stereocenters. The van der Waals surface area contributed by atoms with Gasteiger partial charge in [-0.25, -0.2) is 9.59 Å². The standard InChI is InChI=1S/C13H23N3O5/c1-15-7-3-4-9(8-15)16(2)13(21)14-10(12(19)20)5-6-11(17)18/h9-10H,3-8H2,1-2H3,(H,14,21)(H,17,18)(H,19,20). The number of rotatable bonds is 6. The first-order chi connectivity index (χ1) is 9.81. The Morgan fingerprint density at radius 3 is 2.57 bits per heavy atom. The van der Waals surface area contributed by atoms with Gasteiger partial charge < -0.3 is 25.3 Å². The van der Waals surface area contributed by atoms with E-state index in [1.165, 1.54) is 4.90 Å². The van der Waals surface area contributed by atoms with E-state index in [4.69, 9.17) is 10.2 Å². The summed E-state index contributed by atoms with van der Waals surface area (Å²) in [7, 11) is 3.61. The van der Waals surface area contributed by atoms with Crippen LogP contribution in [0.5, 0.6) is 0 Å². The number of hydrogen-bond acceptors (Lipinski definition) is 4. The Balaban J connectivity index is 2.55. The summed E-state index contributed by atoms with van der Waals surface area (Å²) in [5, 5.41) is 20.0. The van der Waals surface area contributed by atoms with Crippen molar-refractivity contribution in [2.75, 3.05) is 27.2 Å². The number of nitrogens with zero attached hydrogens (tertiary/aromatic N) is 2. The van der Waals surface area contributed by atoms with Gasteiger partial charge in [-0.1, -0.05) is 0 Å². The highest BCUT2D eigenvalue weighted by molar-refractivity contribution is 5.83. The van der Waals surface area contributed by atoms with Gasteiger partial charge in [-0.15, -0.1) is 0 Å². The minimum Gasteiger partial charge on any atom is -0.481 e. The summed E-state index contributed by atoms with van der Waals surface area (Å²) < 4.78 is 0. The van der Waals surface area contributed by atoms with Crippen molar-refractivity contribution in [1.82, 2.24) is 15.1 Å². The summed E-state index contributed by atoms with van der Waals surface area (Å²) in [6.07, 6.45) is 1.43. The molecule has 1 aliphatic rings. The molecule has 0 aromatic rings. The van der Waals surface area contributed by atoms with Crippen molar-refractivity contribution < 1.29 is 24.6 Å². The average Bonchev–Trinajstić information content (AvgIpc) is 2.41. The fourth-order valence-corrected chi connectivity index (χ4v) is 2.40. The second-order valence-corrected chi connectivity index (χ2v) is 5.44. The first-order valence-corrected chi connectivity index (χ1v) is 6.97. The zero-order chi connectivity index (χ0) is 16.0. The molecule has 1 heterocycles. The van der Waals surface area contributed by atoms with Crippen LogP contribution in [0.15, 0.2) is 0 Å². The van der Waals surface area contributed by atoms with Gasteiger partial charge in [-0.2, -0.15) is 0 Å². The van der Waals surface area contributed by atoms with E-state index in [1.54, 1.807) is 7.05 Å². The molecule has 3 N–H and O–H groups in total. The summed E-state index contributed by atoms with van der Waals surface area (Å²) in [5.74, 6) is -2.31. The van der Waals surface area contributed by atoms with Gasteiger partial charge in [0.05, 0.1) is 0 Å². The smallest absolute Gasteiger partial charge is 0.326 e. The molecule has 0 aliphatic carbocycles. The summed E-state index contributed by atoms with van der Waals surface area (Å²) in [6, 6.07) is -1.62. The number of nitrogens with one attached hydrogen (secondary N) is 1. The summed E-state index contributed by atoms with van der Waals surface area (Å²) in [5.41, 5.74) is 0. The fourth-order valence-electron chi connectivity index (χ4n) is 2.40. The first-order valence-electron chi connectivity index (χ1n) is 6.97. The number of likely N-dealkylation sites (N-methyl/N-ethyl adjacent to an activating group) is 2. The lowest BCUT2D eigenvalue weighted by Crippen LogP contribution is -2.53. The maximum absolute atomic E-state index is 12.1. The molecule has 0 bridgehead atoms. The molecule has 120 valence electrons. The lowest BCUT2D eigenvalue weighted by atomic mass is 10.1. The van der Waals surface area contributed by atoms with Crippen molar-refractivity contribution in [3.63, 3.8) is 0 Å². The van der Waals surface area contributed by atoms with E-state index in [-0.39, 0.29) is 18.9 Å². The molecule has 0 saturated carbocycles. The van der Waals surface area contributed by atoms with Gasteiger partial charge in [0, 0.05) is 26.1 Å². The monoisotopic (exact) mass is 301 g/mol. The van der Waals surface area contributed by atoms with E-state index >= 15 is 0 Å². The van der Waals surface area contributed by atoms with Gasteiger partial charge in [0.1, 0.15) is 6.04 Å². The van der Waals surface area contributed by atoms with Gasteiger partial charge in [-0.05, 0) is 32.9 Å². The Hall–Kier alpha value is -1.83. The zero-order valence-corrected chi connectivity index (χ0v) is 12.4. The Kier molecular flexibility index (Phi) is 6.41. The maximum Gasteiger partial charge on any atom is 0.326 e. The molecule has 1 rings (SSSR count). The molecular formula is C13H23N3O5. The van der Waals surface area contributed by atoms with Gasteiger partial charge in [0.25, 0.3) is 0 Å². The predicted molar refractivity (Wildman–Crippen MR) is 75.1 cm³/mol. The van der Waals surface area contributed by atoms with E-state index in [2.05, 4.69) is 10.2 Å². The van der Waals surface area contributed by atoms with Crippen LogP contribution >= 0.6 is 0 Å². The number of piperidine rings is 1. The number of carboxylic acid groups (broad SMARTS) is 2. The molecule has 1 aliphatic heterocycles. The van der Waals surface area contributed by atoms with Crippen LogP contribution in [-0.2, 0) is 9.59 Å². The zero-order valence-electron chi connectivity index (χ0n) is 12.4. The second-order valence-electron chi connectivity index (χ2n) is 5.44. The van der Waals surface area contributed by atoms with E-state index < -0.39 is 24.0 Å². The molecule has 8 heteroatoms. The lowest BCUT2D eigenvalue weighted by Gasteiger charge is -2.36. The molecule has 8 nitrogen and oxygen atoms in total. The van der Waals surface area contributed by atoms with Gasteiger partial charge in [0.15, 0.2) is 0 Å². The van der Waals surface area contributed by atoms with Crippen LogP contribution in [0.25, 0.3) is 0 Å². The van der Waals surface area contributed by atoms with Crippen LogP contribution in [0.1, 0.15) is 25.7 Å². The summed E-state index contributed by atoms with van der Waals surface area (Å²) >= 11 is 0. The Morgan fingerprint density at radius 2 is 2.05 bits per heavy atom. The number of amides is 2. The minimum atomic E-state index is -1.22. The molecule has 2 unspecified atom stereocenters. The van der Waals surface area contributed by atoms with Gasteiger partial charge in [-0.3, -0.25) is 4.79 Å². The maximum atomic E-state index is 12.1. The van der Waals surface area contributed by atoms with E-state index in [0.717, 1.165) is 25.9 Å². The Labute approximate surface area is 123 Å². The lowest BCUT2D eigenvalue weighted by molar-refractivity contribution is -0.140. The number of carboxylic acids is 2. The third-order valence-electron chi connectivity index (χ3n) is 3.71. The van der Waals surface area contributed by atoms with E-state index in [0.29, 0.717) is 0 Å². The molecule has 0 aromatic heterocycles. The number of aliphatic carboxylic acids is 2. The van der Waals surface area contributed by atoms with Crippen LogP contribution in [-0.4, -0.2) is 77.3 Å². The number of urea groups is 1. The van der Waals surface area contributed by atoms with Gasteiger partial charge >= 0.3 is 18.0 Å². The van der Waals surface area contributed by atoms with E-state index in [1.807, 2.05) is 7.05 Å². The van der Waals surface area contributed by atoms with Crippen LogP contribution < -0.4 is 5.32 Å². The van der Waals surface area contributed by atoms with Crippen LogP contribution in [0.3, 0.4) is 0 Å². The summed E-state index contributed by atoms with van der Waals surface area (Å²) in [6.45, 7) is 1.74. The quantitative estimate of drug-likeness (QED) is 0.639. The molecule has 21 heavy (non-hydrogen) atoms. The van der Waals surface area contributed by atoms with Crippen molar-refractivity contribution >= 4 is 18.0 Å². The number of likely N-dealkylation sites (tertiary alicyclic amines) is 1. The highest BCUT2D eigenvalue weighted by atomic mass is 16.4. The second kappa shape index (κ2) is 7.82. The molecule has 2 amide bonds. The highest BCUT2D eigenvalue weighted by Gasteiger charge is 2.27. The normalized spacial score (nSPS) is 20.6. The van der Waals surface area contributed by atoms with E-state index in [9.17, 15) is 14.4 Å². The molecule has 0 spiro atoms. The first kappa shape index (κ1) is 17.2. The molecule has 1 saturated heterocycles. The number of carbonyl (C=O) groups is 3. The van der Waals surface area contributed by atoms with Crippen molar-refractivity contribution in [3.8, 4) is 0 Å². The fraction of sp³-hybridized carbons (Fsp3) is 0.769. The average molecular weight is 301 g/mol. The minimum absolute atomic E-state index is 0.0395. The topological polar surface area (TPSA) is 110 Å². The molecule has 1 fully saturated rings. The van der Waals surface area contributed by atoms with Gasteiger partial charge in [0.2, 0.25) is 0 Å². The van der Waals surface area contributed by atoms with Crippen molar-refractivity contribution in [1.29, 1.82) is 0 Å². The Bertz CT molecular complexity index is 401. The predicted octanol–water partition coefficient (Wildman–Crippen LogP) is 0.0400. The largest absolute Gasteiger partial charge is 0.481 e. The SMILES string of the molecule is CN1CCCC(N(C)C(=O)NC(CCC(=O)O)C(=O)O)C1. The third kappa shape index (κ3) is 5.58. The van der Waals surface area contributed by atoms with Crippen LogP contribution in [0.4, 0.5) is 4.79 Å². The number of hydrogen-bond donors (Lipinski definition) is 3. The third-order valence-corrected chi connectivity index (χ3v) is 3.71. The van der Waals surface area contributed by atoms with Crippen LogP contribution in [0, 0.1) is 0 Å². The van der Waals surface area contributed by atoms with Crippen molar-refractivity contribution in [3.05, 3.63) is 0 Å². The number of carbonyl (C=O) groups excluding carboxylic acids is 1.